The summed E-state index contributed by atoms with van der Waals surface area (Å²) in [4.78, 5) is 14.6. The largest absolute Gasteiger partial charge is 0.361 e. The summed E-state index contributed by atoms with van der Waals surface area (Å²) in [5.74, 6) is -0.0235. The van der Waals surface area contributed by atoms with Crippen LogP contribution in [0.15, 0.2) is 42.5 Å². The molecule has 116 valence electrons. The summed E-state index contributed by atoms with van der Waals surface area (Å²) in [6.45, 7) is 2.67. The topological polar surface area (TPSA) is 56.1 Å². The van der Waals surface area contributed by atoms with Gasteiger partial charge in [-0.1, -0.05) is 30.7 Å². The van der Waals surface area contributed by atoms with Crippen molar-refractivity contribution in [2.75, 3.05) is 11.9 Å². The lowest BCUT2D eigenvalue weighted by Crippen LogP contribution is -2.43. The highest BCUT2D eigenvalue weighted by Crippen LogP contribution is 2.34. The van der Waals surface area contributed by atoms with Crippen molar-refractivity contribution in [1.29, 1.82) is 5.26 Å². The van der Waals surface area contributed by atoms with E-state index in [-0.39, 0.29) is 12.1 Å². The Balaban J connectivity index is 2.07. The van der Waals surface area contributed by atoms with E-state index >= 15 is 0 Å². The Kier molecular flexibility index (Phi) is 4.22. The molecule has 23 heavy (non-hydrogen) atoms. The molecular weight excluding hydrogens is 310 g/mol. The standard InChI is InChI=1S/C18H16ClN3O/c1-2-8-22-17(13-5-3-4-12(9-13)11-20)21-16-10-14(19)6-7-15(16)18(22)23/h3-7,9-10,17,21H,2,8H2,1H3. The predicted molar refractivity (Wildman–Crippen MR) is 90.3 cm³/mol. The van der Waals surface area contributed by atoms with Crippen LogP contribution in [0.5, 0.6) is 0 Å². The van der Waals surface area contributed by atoms with Crippen LogP contribution in [0.2, 0.25) is 5.02 Å². The van der Waals surface area contributed by atoms with E-state index in [1.165, 1.54) is 0 Å². The predicted octanol–water partition coefficient (Wildman–Crippen LogP) is 4.19. The zero-order valence-corrected chi connectivity index (χ0v) is 13.5. The molecule has 5 heteroatoms. The van der Waals surface area contributed by atoms with Crippen molar-refractivity contribution in [2.45, 2.75) is 19.5 Å². The molecule has 0 saturated heterocycles. The highest BCUT2D eigenvalue weighted by Gasteiger charge is 2.32. The SMILES string of the molecule is CCCN1C(=O)c2ccc(Cl)cc2NC1c1cccc(C#N)c1. The minimum atomic E-state index is -0.304. The van der Waals surface area contributed by atoms with Crippen molar-refractivity contribution >= 4 is 23.2 Å². The van der Waals surface area contributed by atoms with Gasteiger partial charge in [-0.15, -0.1) is 0 Å². The van der Waals surface area contributed by atoms with Gasteiger partial charge in [0.2, 0.25) is 0 Å². The number of fused-ring (bicyclic) bond motifs is 1. The second kappa shape index (κ2) is 6.31. The molecule has 1 unspecified atom stereocenters. The lowest BCUT2D eigenvalue weighted by molar-refractivity contribution is 0.0683. The molecule has 0 bridgehead atoms. The number of nitrogens with one attached hydrogen (secondary N) is 1. The fourth-order valence-corrected chi connectivity index (χ4v) is 3.00. The molecule has 2 aromatic rings. The van der Waals surface area contributed by atoms with E-state index in [2.05, 4.69) is 11.4 Å². The number of hydrogen-bond donors (Lipinski definition) is 1. The van der Waals surface area contributed by atoms with E-state index in [1.807, 2.05) is 25.1 Å². The van der Waals surface area contributed by atoms with Gasteiger partial charge in [-0.2, -0.15) is 5.26 Å². The van der Waals surface area contributed by atoms with Gasteiger partial charge in [0.15, 0.2) is 0 Å². The first kappa shape index (κ1) is 15.4. The smallest absolute Gasteiger partial charge is 0.257 e. The van der Waals surface area contributed by atoms with Crippen LogP contribution in [-0.4, -0.2) is 17.4 Å². The Morgan fingerprint density at radius 1 is 1.30 bits per heavy atom. The zero-order valence-electron chi connectivity index (χ0n) is 12.7. The summed E-state index contributed by atoms with van der Waals surface area (Å²) in [6, 6.07) is 14.7. The number of anilines is 1. The fourth-order valence-electron chi connectivity index (χ4n) is 2.83. The third kappa shape index (κ3) is 2.88. The third-order valence-electron chi connectivity index (χ3n) is 3.87. The first-order valence-corrected chi connectivity index (χ1v) is 7.89. The van der Waals surface area contributed by atoms with Crippen molar-refractivity contribution in [3.05, 3.63) is 64.2 Å². The van der Waals surface area contributed by atoms with Crippen molar-refractivity contribution in [3.8, 4) is 6.07 Å². The number of carbonyl (C=O) groups is 1. The van der Waals surface area contributed by atoms with E-state index < -0.39 is 0 Å². The monoisotopic (exact) mass is 325 g/mol. The number of rotatable bonds is 3. The Hall–Kier alpha value is -2.51. The lowest BCUT2D eigenvalue weighted by Gasteiger charge is -2.38. The van der Waals surface area contributed by atoms with Crippen LogP contribution in [0, 0.1) is 11.3 Å². The summed E-state index contributed by atoms with van der Waals surface area (Å²) in [6.07, 6.45) is 0.548. The summed E-state index contributed by atoms with van der Waals surface area (Å²) in [5.41, 5.74) is 2.80. The number of hydrogen-bond acceptors (Lipinski definition) is 3. The average Bonchev–Trinajstić information content (AvgIpc) is 2.57. The van der Waals surface area contributed by atoms with Gasteiger partial charge in [-0.3, -0.25) is 4.79 Å². The first-order chi connectivity index (χ1) is 11.1. The molecule has 1 atom stereocenters. The van der Waals surface area contributed by atoms with Gasteiger partial charge in [0.1, 0.15) is 6.17 Å². The van der Waals surface area contributed by atoms with Crippen LogP contribution in [0.1, 0.15) is 41.0 Å². The van der Waals surface area contributed by atoms with Gasteiger partial charge in [0.05, 0.1) is 22.9 Å². The molecule has 0 fully saturated rings. The normalized spacial score (nSPS) is 16.5. The minimum absolute atomic E-state index is 0.0235. The Bertz CT molecular complexity index is 797. The molecular formula is C18H16ClN3O. The van der Waals surface area contributed by atoms with Crippen LogP contribution in [-0.2, 0) is 0 Å². The third-order valence-corrected chi connectivity index (χ3v) is 4.11. The van der Waals surface area contributed by atoms with Gasteiger partial charge < -0.3 is 10.2 Å². The van der Waals surface area contributed by atoms with Crippen LogP contribution >= 0.6 is 11.6 Å². The number of benzene rings is 2. The molecule has 1 N–H and O–H groups in total. The quantitative estimate of drug-likeness (QED) is 0.920. The molecule has 1 amide bonds. The maximum atomic E-state index is 12.8. The van der Waals surface area contributed by atoms with E-state index in [1.54, 1.807) is 29.2 Å². The highest BCUT2D eigenvalue weighted by atomic mass is 35.5. The molecule has 0 radical (unpaired) electrons. The number of nitrogens with zero attached hydrogens (tertiary/aromatic N) is 2. The molecule has 0 saturated carbocycles. The number of halogens is 1. The number of carbonyl (C=O) groups excluding carboxylic acids is 1. The summed E-state index contributed by atoms with van der Waals surface area (Å²) in [7, 11) is 0. The summed E-state index contributed by atoms with van der Waals surface area (Å²) >= 11 is 6.06. The van der Waals surface area contributed by atoms with Crippen LogP contribution in [0.3, 0.4) is 0 Å². The van der Waals surface area contributed by atoms with Crippen molar-refractivity contribution < 1.29 is 4.79 Å². The maximum Gasteiger partial charge on any atom is 0.257 e. The zero-order chi connectivity index (χ0) is 16.4. The molecule has 2 aromatic carbocycles. The van der Waals surface area contributed by atoms with Crippen LogP contribution in [0.4, 0.5) is 5.69 Å². The molecule has 3 rings (SSSR count). The fraction of sp³-hybridized carbons (Fsp3) is 0.222. The van der Waals surface area contributed by atoms with Crippen molar-refractivity contribution in [2.24, 2.45) is 0 Å². The average molecular weight is 326 g/mol. The van der Waals surface area contributed by atoms with E-state index in [9.17, 15) is 4.79 Å². The molecule has 1 aliphatic heterocycles. The van der Waals surface area contributed by atoms with E-state index in [0.29, 0.717) is 22.7 Å². The van der Waals surface area contributed by atoms with Gasteiger partial charge in [-0.25, -0.2) is 0 Å². The highest BCUT2D eigenvalue weighted by molar-refractivity contribution is 6.31. The molecule has 0 aromatic heterocycles. The van der Waals surface area contributed by atoms with E-state index in [4.69, 9.17) is 16.9 Å². The Morgan fingerprint density at radius 3 is 2.87 bits per heavy atom. The van der Waals surface area contributed by atoms with Gasteiger partial charge >= 0.3 is 0 Å². The van der Waals surface area contributed by atoms with E-state index in [0.717, 1.165) is 17.7 Å². The number of nitriles is 1. The second-order valence-electron chi connectivity index (χ2n) is 5.47. The molecule has 0 spiro atoms. The molecule has 4 nitrogen and oxygen atoms in total. The van der Waals surface area contributed by atoms with Crippen molar-refractivity contribution in [3.63, 3.8) is 0 Å². The second-order valence-corrected chi connectivity index (χ2v) is 5.91. The summed E-state index contributed by atoms with van der Waals surface area (Å²) in [5, 5.41) is 13.1. The lowest BCUT2D eigenvalue weighted by atomic mass is 10.0. The summed E-state index contributed by atoms with van der Waals surface area (Å²) < 4.78 is 0. The van der Waals surface area contributed by atoms with Crippen molar-refractivity contribution in [1.82, 2.24) is 4.90 Å². The van der Waals surface area contributed by atoms with Gasteiger partial charge in [0.25, 0.3) is 5.91 Å². The van der Waals surface area contributed by atoms with Crippen LogP contribution < -0.4 is 5.32 Å². The Labute approximate surface area is 140 Å². The van der Waals surface area contributed by atoms with Gasteiger partial charge in [0, 0.05) is 11.6 Å². The molecule has 1 aliphatic rings. The minimum Gasteiger partial charge on any atom is -0.361 e. The maximum absolute atomic E-state index is 12.8. The van der Waals surface area contributed by atoms with Crippen LogP contribution in [0.25, 0.3) is 0 Å². The van der Waals surface area contributed by atoms with Gasteiger partial charge in [-0.05, 0) is 42.3 Å². The Morgan fingerprint density at radius 2 is 2.13 bits per heavy atom. The first-order valence-electron chi connectivity index (χ1n) is 7.51. The molecule has 1 heterocycles. The number of amides is 1. The molecule has 0 aliphatic carbocycles.